The van der Waals surface area contributed by atoms with Crippen molar-refractivity contribution in [2.24, 2.45) is 0 Å². The first-order valence-corrected chi connectivity index (χ1v) is 6.94. The van der Waals surface area contributed by atoms with Crippen LogP contribution in [0.2, 0.25) is 0 Å². The number of alkyl halides is 1. The van der Waals surface area contributed by atoms with Gasteiger partial charge in [0.05, 0.1) is 5.50 Å². The van der Waals surface area contributed by atoms with Crippen molar-refractivity contribution in [1.82, 2.24) is 10.6 Å². The largest absolute Gasteiger partial charge is 0.310 e. The predicted molar refractivity (Wildman–Crippen MR) is 81.1 cm³/mol. The van der Waals surface area contributed by atoms with Gasteiger partial charge in [-0.3, -0.25) is 5.32 Å². The standard InChI is InChI=1S/C16H19ClN2/c17-16(19-12-15-9-5-2-6-10-15)13-18-11-14-7-3-1-4-8-14/h1-10,16,18-19H,11-13H2. The van der Waals surface area contributed by atoms with Gasteiger partial charge < -0.3 is 5.32 Å². The fourth-order valence-electron chi connectivity index (χ4n) is 1.84. The van der Waals surface area contributed by atoms with E-state index in [1.165, 1.54) is 11.1 Å². The maximum absolute atomic E-state index is 6.22. The molecule has 0 aromatic heterocycles. The minimum atomic E-state index is -0.0658. The second kappa shape index (κ2) is 7.95. The van der Waals surface area contributed by atoms with Crippen molar-refractivity contribution in [3.63, 3.8) is 0 Å². The van der Waals surface area contributed by atoms with Gasteiger partial charge >= 0.3 is 0 Å². The SMILES string of the molecule is ClC(CNCc1ccccc1)NCc1ccccc1. The zero-order valence-corrected chi connectivity index (χ0v) is 11.6. The van der Waals surface area contributed by atoms with Crippen LogP contribution in [-0.2, 0) is 13.1 Å². The van der Waals surface area contributed by atoms with Gasteiger partial charge in [-0.25, -0.2) is 0 Å². The van der Waals surface area contributed by atoms with E-state index in [1.807, 2.05) is 36.4 Å². The lowest BCUT2D eigenvalue weighted by Gasteiger charge is -2.13. The number of benzene rings is 2. The molecule has 100 valence electrons. The molecule has 0 bridgehead atoms. The summed E-state index contributed by atoms with van der Waals surface area (Å²) in [5.74, 6) is 0. The molecule has 1 unspecified atom stereocenters. The lowest BCUT2D eigenvalue weighted by atomic mass is 10.2. The summed E-state index contributed by atoms with van der Waals surface area (Å²) in [7, 11) is 0. The topological polar surface area (TPSA) is 24.1 Å². The van der Waals surface area contributed by atoms with Gasteiger partial charge in [-0.15, -0.1) is 11.6 Å². The van der Waals surface area contributed by atoms with Crippen LogP contribution in [0.15, 0.2) is 60.7 Å². The number of rotatable bonds is 7. The molecular formula is C16H19ClN2. The summed E-state index contributed by atoms with van der Waals surface area (Å²) in [6.07, 6.45) is 0. The molecule has 0 amide bonds. The Bertz CT molecular complexity index is 459. The third-order valence-corrected chi connectivity index (χ3v) is 3.17. The molecule has 2 aromatic rings. The highest BCUT2D eigenvalue weighted by molar-refractivity contribution is 6.20. The first-order valence-electron chi connectivity index (χ1n) is 6.50. The molecule has 1 atom stereocenters. The summed E-state index contributed by atoms with van der Waals surface area (Å²) in [6.45, 7) is 2.38. The highest BCUT2D eigenvalue weighted by atomic mass is 35.5. The lowest BCUT2D eigenvalue weighted by molar-refractivity contribution is 0.573. The van der Waals surface area contributed by atoms with Crippen LogP contribution >= 0.6 is 11.6 Å². The van der Waals surface area contributed by atoms with E-state index in [0.29, 0.717) is 0 Å². The summed E-state index contributed by atoms with van der Waals surface area (Å²) >= 11 is 6.22. The number of halogens is 1. The van der Waals surface area contributed by atoms with Crippen LogP contribution in [-0.4, -0.2) is 12.0 Å². The molecule has 2 N–H and O–H groups in total. The minimum absolute atomic E-state index is 0.0658. The average molecular weight is 275 g/mol. The van der Waals surface area contributed by atoms with Gasteiger partial charge in [0.25, 0.3) is 0 Å². The Morgan fingerprint density at radius 3 is 1.89 bits per heavy atom. The van der Waals surface area contributed by atoms with Crippen molar-refractivity contribution >= 4 is 11.6 Å². The molecule has 0 aliphatic carbocycles. The third kappa shape index (κ3) is 5.43. The molecule has 0 spiro atoms. The van der Waals surface area contributed by atoms with E-state index in [1.54, 1.807) is 0 Å². The second-order valence-corrected chi connectivity index (χ2v) is 4.98. The average Bonchev–Trinajstić information content (AvgIpc) is 2.47. The van der Waals surface area contributed by atoms with Gasteiger partial charge in [0, 0.05) is 19.6 Å². The molecule has 2 nitrogen and oxygen atoms in total. The molecule has 0 saturated carbocycles. The van der Waals surface area contributed by atoms with Crippen LogP contribution in [0.4, 0.5) is 0 Å². The van der Waals surface area contributed by atoms with Crippen molar-refractivity contribution < 1.29 is 0 Å². The van der Waals surface area contributed by atoms with Crippen LogP contribution < -0.4 is 10.6 Å². The maximum Gasteiger partial charge on any atom is 0.0954 e. The molecule has 0 saturated heterocycles. The fraction of sp³-hybridized carbons (Fsp3) is 0.250. The van der Waals surface area contributed by atoms with Crippen LogP contribution in [0.5, 0.6) is 0 Å². The lowest BCUT2D eigenvalue weighted by Crippen LogP contribution is -2.33. The molecule has 0 radical (unpaired) electrons. The van der Waals surface area contributed by atoms with Gasteiger partial charge in [-0.1, -0.05) is 60.7 Å². The molecule has 3 heteroatoms. The number of hydrogen-bond acceptors (Lipinski definition) is 2. The quantitative estimate of drug-likeness (QED) is 0.599. The summed E-state index contributed by atoms with van der Waals surface area (Å²) in [5.41, 5.74) is 2.45. The van der Waals surface area contributed by atoms with Crippen LogP contribution in [0.1, 0.15) is 11.1 Å². The van der Waals surface area contributed by atoms with Crippen molar-refractivity contribution in [1.29, 1.82) is 0 Å². The normalized spacial score (nSPS) is 12.3. The zero-order chi connectivity index (χ0) is 13.3. The van der Waals surface area contributed by atoms with E-state index in [4.69, 9.17) is 11.6 Å². The summed E-state index contributed by atoms with van der Waals surface area (Å²) in [4.78, 5) is 0. The van der Waals surface area contributed by atoms with Crippen molar-refractivity contribution in [2.45, 2.75) is 18.6 Å². The Labute approximate surface area is 119 Å². The van der Waals surface area contributed by atoms with E-state index in [9.17, 15) is 0 Å². The van der Waals surface area contributed by atoms with Gasteiger partial charge in [0.1, 0.15) is 0 Å². The molecule has 0 aliphatic heterocycles. The molecular weight excluding hydrogens is 256 g/mol. The Balaban J connectivity index is 1.64. The van der Waals surface area contributed by atoms with Crippen molar-refractivity contribution in [3.05, 3.63) is 71.8 Å². The van der Waals surface area contributed by atoms with Gasteiger partial charge in [0.15, 0.2) is 0 Å². The van der Waals surface area contributed by atoms with E-state index in [0.717, 1.165) is 19.6 Å². The first kappa shape index (κ1) is 14.1. The van der Waals surface area contributed by atoms with Crippen molar-refractivity contribution in [2.75, 3.05) is 6.54 Å². The molecule has 2 rings (SSSR count). The molecule has 19 heavy (non-hydrogen) atoms. The Morgan fingerprint density at radius 2 is 1.32 bits per heavy atom. The fourth-order valence-corrected chi connectivity index (χ4v) is 2.02. The van der Waals surface area contributed by atoms with Crippen LogP contribution in [0, 0.1) is 0 Å². The van der Waals surface area contributed by atoms with Crippen LogP contribution in [0.3, 0.4) is 0 Å². The summed E-state index contributed by atoms with van der Waals surface area (Å²) in [5, 5.41) is 6.63. The highest BCUT2D eigenvalue weighted by Gasteiger charge is 2.02. The van der Waals surface area contributed by atoms with E-state index >= 15 is 0 Å². The van der Waals surface area contributed by atoms with Gasteiger partial charge in [0.2, 0.25) is 0 Å². The number of hydrogen-bond donors (Lipinski definition) is 2. The monoisotopic (exact) mass is 274 g/mol. The smallest absolute Gasteiger partial charge is 0.0954 e. The number of nitrogens with one attached hydrogen (secondary N) is 2. The predicted octanol–water partition coefficient (Wildman–Crippen LogP) is 3.13. The third-order valence-electron chi connectivity index (χ3n) is 2.87. The molecule has 0 aliphatic rings. The molecule has 0 heterocycles. The molecule has 0 fully saturated rings. The van der Waals surface area contributed by atoms with Gasteiger partial charge in [-0.2, -0.15) is 0 Å². The Kier molecular flexibility index (Phi) is 5.89. The van der Waals surface area contributed by atoms with E-state index < -0.39 is 0 Å². The second-order valence-electron chi connectivity index (χ2n) is 4.45. The van der Waals surface area contributed by atoms with E-state index in [2.05, 4.69) is 34.9 Å². The summed E-state index contributed by atoms with van der Waals surface area (Å²) < 4.78 is 0. The van der Waals surface area contributed by atoms with E-state index in [-0.39, 0.29) is 5.50 Å². The Morgan fingerprint density at radius 1 is 0.789 bits per heavy atom. The summed E-state index contributed by atoms with van der Waals surface area (Å²) in [6, 6.07) is 20.6. The van der Waals surface area contributed by atoms with Crippen LogP contribution in [0.25, 0.3) is 0 Å². The minimum Gasteiger partial charge on any atom is -0.310 e. The van der Waals surface area contributed by atoms with Gasteiger partial charge in [-0.05, 0) is 11.1 Å². The maximum atomic E-state index is 6.22. The van der Waals surface area contributed by atoms with Crippen molar-refractivity contribution in [3.8, 4) is 0 Å². The first-order chi connectivity index (χ1) is 9.34. The molecule has 2 aromatic carbocycles. The highest BCUT2D eigenvalue weighted by Crippen LogP contribution is 2.00. The Hall–Kier alpha value is -1.35. The zero-order valence-electron chi connectivity index (χ0n) is 10.9.